The van der Waals surface area contributed by atoms with Crippen LogP contribution in [0.25, 0.3) is 0 Å². The van der Waals surface area contributed by atoms with Gasteiger partial charge in [-0.15, -0.1) is 0 Å². The van der Waals surface area contributed by atoms with Gasteiger partial charge >= 0.3 is 0 Å². The van der Waals surface area contributed by atoms with E-state index in [0.29, 0.717) is 5.92 Å². The summed E-state index contributed by atoms with van der Waals surface area (Å²) in [4.78, 5) is 0. The highest BCUT2D eigenvalue weighted by Crippen LogP contribution is 2.31. The number of ether oxygens (including phenoxy) is 1. The largest absolute Gasteiger partial charge is 0.491 e. The average molecular weight is 235 g/mol. The third-order valence-corrected chi connectivity index (χ3v) is 3.38. The maximum atomic E-state index is 6.47. The summed E-state index contributed by atoms with van der Waals surface area (Å²) in [6.45, 7) is 10.5. The molecule has 0 aliphatic rings. The van der Waals surface area contributed by atoms with Crippen LogP contribution in [0.2, 0.25) is 0 Å². The molecular weight excluding hydrogens is 210 g/mol. The summed E-state index contributed by atoms with van der Waals surface area (Å²) in [5.41, 5.74) is 7.42. The van der Waals surface area contributed by atoms with Crippen LogP contribution in [0.5, 0.6) is 5.75 Å². The normalized spacial score (nSPS) is 15.1. The first-order valence-corrected chi connectivity index (χ1v) is 6.46. The van der Waals surface area contributed by atoms with Crippen molar-refractivity contribution in [3.8, 4) is 5.75 Å². The fourth-order valence-electron chi connectivity index (χ4n) is 2.06. The van der Waals surface area contributed by atoms with Crippen LogP contribution in [0.1, 0.15) is 46.6 Å². The van der Waals surface area contributed by atoms with Crippen molar-refractivity contribution in [1.29, 1.82) is 0 Å². The lowest BCUT2D eigenvalue weighted by atomic mass is 9.79. The molecule has 0 aliphatic carbocycles. The summed E-state index contributed by atoms with van der Waals surface area (Å²) < 4.78 is 5.64. The standard InChI is InChI=1S/C15H25NO/c1-6-15(16,11(2)3)13-7-9-14(10-8-13)17-12(4)5/h7-12H,6,16H2,1-5H3. The molecule has 1 atom stereocenters. The van der Waals surface area contributed by atoms with Crippen LogP contribution < -0.4 is 10.5 Å². The average Bonchev–Trinajstić information content (AvgIpc) is 2.28. The minimum absolute atomic E-state index is 0.208. The number of benzene rings is 1. The Bertz CT molecular complexity index is 342. The lowest BCUT2D eigenvalue weighted by Gasteiger charge is -2.33. The van der Waals surface area contributed by atoms with E-state index in [4.69, 9.17) is 10.5 Å². The van der Waals surface area contributed by atoms with Gasteiger partial charge in [-0.25, -0.2) is 0 Å². The van der Waals surface area contributed by atoms with Gasteiger partial charge in [-0.2, -0.15) is 0 Å². The Balaban J connectivity index is 2.93. The van der Waals surface area contributed by atoms with Crippen molar-refractivity contribution < 1.29 is 4.74 Å². The van der Waals surface area contributed by atoms with Gasteiger partial charge in [-0.1, -0.05) is 32.9 Å². The van der Waals surface area contributed by atoms with E-state index in [2.05, 4.69) is 32.9 Å². The molecule has 1 rings (SSSR count). The lowest BCUT2D eigenvalue weighted by molar-refractivity contribution is 0.242. The zero-order valence-electron chi connectivity index (χ0n) is 11.7. The van der Waals surface area contributed by atoms with E-state index in [1.807, 2.05) is 26.0 Å². The van der Waals surface area contributed by atoms with E-state index < -0.39 is 0 Å². The first kappa shape index (κ1) is 14.0. The minimum Gasteiger partial charge on any atom is -0.491 e. The molecule has 0 aliphatic heterocycles. The monoisotopic (exact) mass is 235 g/mol. The Morgan fingerprint density at radius 3 is 2.00 bits per heavy atom. The van der Waals surface area contributed by atoms with Crippen molar-refractivity contribution in [3.63, 3.8) is 0 Å². The Hall–Kier alpha value is -1.02. The zero-order chi connectivity index (χ0) is 13.1. The van der Waals surface area contributed by atoms with E-state index in [0.717, 1.165) is 12.2 Å². The van der Waals surface area contributed by atoms with Crippen molar-refractivity contribution in [2.24, 2.45) is 11.7 Å². The molecule has 0 spiro atoms. The maximum absolute atomic E-state index is 6.47. The second kappa shape index (κ2) is 5.54. The molecule has 0 saturated heterocycles. The molecule has 96 valence electrons. The molecular formula is C15H25NO. The Kier molecular flexibility index (Phi) is 4.58. The summed E-state index contributed by atoms with van der Waals surface area (Å²) in [6, 6.07) is 8.19. The highest BCUT2D eigenvalue weighted by atomic mass is 16.5. The molecule has 0 saturated carbocycles. The van der Waals surface area contributed by atoms with E-state index >= 15 is 0 Å². The second-order valence-corrected chi connectivity index (χ2v) is 5.24. The van der Waals surface area contributed by atoms with Crippen LogP contribution in [0.3, 0.4) is 0 Å². The van der Waals surface area contributed by atoms with E-state index in [1.165, 1.54) is 5.56 Å². The first-order chi connectivity index (χ1) is 7.90. The molecule has 1 unspecified atom stereocenters. The summed E-state index contributed by atoms with van der Waals surface area (Å²) in [5, 5.41) is 0. The number of hydrogen-bond acceptors (Lipinski definition) is 2. The van der Waals surface area contributed by atoms with Gasteiger partial charge in [0, 0.05) is 5.54 Å². The van der Waals surface area contributed by atoms with Crippen LogP contribution in [-0.4, -0.2) is 6.10 Å². The molecule has 2 N–H and O–H groups in total. The molecule has 0 radical (unpaired) electrons. The van der Waals surface area contributed by atoms with Gasteiger partial charge in [-0.05, 0) is 43.9 Å². The van der Waals surface area contributed by atoms with Crippen molar-refractivity contribution in [1.82, 2.24) is 0 Å². The van der Waals surface area contributed by atoms with Crippen LogP contribution in [0.15, 0.2) is 24.3 Å². The van der Waals surface area contributed by atoms with Crippen LogP contribution in [0, 0.1) is 5.92 Å². The van der Waals surface area contributed by atoms with Crippen LogP contribution >= 0.6 is 0 Å². The number of nitrogens with two attached hydrogens (primary N) is 1. The predicted molar refractivity (Wildman–Crippen MR) is 73.2 cm³/mol. The second-order valence-electron chi connectivity index (χ2n) is 5.24. The molecule has 0 heterocycles. The summed E-state index contributed by atoms with van der Waals surface area (Å²) in [6.07, 6.45) is 1.15. The molecule has 2 heteroatoms. The Morgan fingerprint density at radius 1 is 1.12 bits per heavy atom. The molecule has 0 aromatic heterocycles. The van der Waals surface area contributed by atoms with Crippen LogP contribution in [0.4, 0.5) is 0 Å². The fraction of sp³-hybridized carbons (Fsp3) is 0.600. The Morgan fingerprint density at radius 2 is 1.65 bits per heavy atom. The van der Waals surface area contributed by atoms with Gasteiger partial charge in [0.1, 0.15) is 5.75 Å². The van der Waals surface area contributed by atoms with E-state index in [1.54, 1.807) is 0 Å². The van der Waals surface area contributed by atoms with Crippen molar-refractivity contribution in [2.45, 2.75) is 52.7 Å². The van der Waals surface area contributed by atoms with Gasteiger partial charge in [0.25, 0.3) is 0 Å². The molecule has 17 heavy (non-hydrogen) atoms. The van der Waals surface area contributed by atoms with Gasteiger partial charge in [-0.3, -0.25) is 0 Å². The SMILES string of the molecule is CCC(N)(c1ccc(OC(C)C)cc1)C(C)C. The lowest BCUT2D eigenvalue weighted by Crippen LogP contribution is -2.41. The molecule has 1 aromatic rings. The number of rotatable bonds is 5. The predicted octanol–water partition coefficient (Wildman–Crippen LogP) is 3.69. The quantitative estimate of drug-likeness (QED) is 0.844. The van der Waals surface area contributed by atoms with Crippen molar-refractivity contribution in [3.05, 3.63) is 29.8 Å². The van der Waals surface area contributed by atoms with Gasteiger partial charge in [0.2, 0.25) is 0 Å². The summed E-state index contributed by atoms with van der Waals surface area (Å²) in [7, 11) is 0. The maximum Gasteiger partial charge on any atom is 0.119 e. The fourth-order valence-corrected chi connectivity index (χ4v) is 2.06. The summed E-state index contributed by atoms with van der Waals surface area (Å²) in [5.74, 6) is 1.33. The van der Waals surface area contributed by atoms with E-state index in [9.17, 15) is 0 Å². The molecule has 0 amide bonds. The third-order valence-electron chi connectivity index (χ3n) is 3.38. The van der Waals surface area contributed by atoms with Crippen LogP contribution in [-0.2, 0) is 5.54 Å². The van der Waals surface area contributed by atoms with Gasteiger partial charge in [0.15, 0.2) is 0 Å². The first-order valence-electron chi connectivity index (χ1n) is 6.46. The molecule has 2 nitrogen and oxygen atoms in total. The summed E-state index contributed by atoms with van der Waals surface area (Å²) >= 11 is 0. The molecule has 1 aromatic carbocycles. The minimum atomic E-state index is -0.240. The highest BCUT2D eigenvalue weighted by molar-refractivity contribution is 5.32. The molecule has 0 bridgehead atoms. The van der Waals surface area contributed by atoms with Gasteiger partial charge < -0.3 is 10.5 Å². The Labute approximate surface area is 105 Å². The zero-order valence-corrected chi connectivity index (χ0v) is 11.7. The van der Waals surface area contributed by atoms with Gasteiger partial charge in [0.05, 0.1) is 6.10 Å². The highest BCUT2D eigenvalue weighted by Gasteiger charge is 2.28. The molecule has 0 fully saturated rings. The van der Waals surface area contributed by atoms with Crippen molar-refractivity contribution >= 4 is 0 Å². The topological polar surface area (TPSA) is 35.2 Å². The van der Waals surface area contributed by atoms with Crippen molar-refractivity contribution in [2.75, 3.05) is 0 Å². The third kappa shape index (κ3) is 3.22. The van der Waals surface area contributed by atoms with E-state index in [-0.39, 0.29) is 11.6 Å². The number of hydrogen-bond donors (Lipinski definition) is 1. The smallest absolute Gasteiger partial charge is 0.119 e.